The third kappa shape index (κ3) is 4.64. The number of amides is 2. The molecule has 1 atom stereocenters. The van der Waals surface area contributed by atoms with E-state index in [1.54, 1.807) is 11.0 Å². The fraction of sp³-hybridized carbons (Fsp3) is 0.320. The Bertz CT molecular complexity index is 1260. The van der Waals surface area contributed by atoms with E-state index in [4.69, 9.17) is 9.40 Å². The van der Waals surface area contributed by atoms with Crippen LogP contribution in [0.5, 0.6) is 0 Å². The number of hydrogen-bond acceptors (Lipinski definition) is 7. The maximum atomic E-state index is 13.3. The Morgan fingerprint density at radius 2 is 2.03 bits per heavy atom. The molecule has 1 fully saturated rings. The van der Waals surface area contributed by atoms with E-state index >= 15 is 0 Å². The van der Waals surface area contributed by atoms with E-state index in [-0.39, 0.29) is 24.8 Å². The molecule has 1 aromatic carbocycles. The quantitative estimate of drug-likeness (QED) is 0.369. The molecule has 1 aliphatic heterocycles. The number of hydrogen-bond donors (Lipinski definition) is 0. The number of carbonyl (C=O) groups is 2. The van der Waals surface area contributed by atoms with Gasteiger partial charge in [-0.3, -0.25) is 14.5 Å². The minimum absolute atomic E-state index is 0.0717. The third-order valence-electron chi connectivity index (χ3n) is 6.17. The van der Waals surface area contributed by atoms with Crippen LogP contribution in [0.25, 0.3) is 22.4 Å². The van der Waals surface area contributed by atoms with Crippen LogP contribution >= 0.6 is 22.7 Å². The zero-order chi connectivity index (χ0) is 23.7. The monoisotopic (exact) mass is 494 g/mol. The van der Waals surface area contributed by atoms with Crippen LogP contribution in [0.15, 0.2) is 57.6 Å². The first-order chi connectivity index (χ1) is 16.5. The van der Waals surface area contributed by atoms with Crippen molar-refractivity contribution in [1.82, 2.24) is 14.8 Å². The second-order valence-electron chi connectivity index (χ2n) is 8.59. The SMILES string of the molecule is CN(C)C1CCN(C(=O)CCN(C(=O)c2cccs2)c2nc(-c3cc4ccccc4o3)cs2)C1. The Labute approximate surface area is 206 Å². The van der Waals surface area contributed by atoms with Gasteiger partial charge >= 0.3 is 0 Å². The number of benzene rings is 1. The van der Waals surface area contributed by atoms with Gasteiger partial charge in [0.15, 0.2) is 10.9 Å². The van der Waals surface area contributed by atoms with Crippen molar-refractivity contribution in [3.8, 4) is 11.5 Å². The standard InChI is InChI=1S/C25H26N4O3S2/c1-27(2)18-9-11-28(15-18)23(30)10-12-29(24(31)22-8-5-13-33-22)25-26-19(16-34-25)21-14-17-6-3-4-7-20(17)32-21/h3-8,13-14,16,18H,9-12,15H2,1-2H3. The van der Waals surface area contributed by atoms with Crippen LogP contribution < -0.4 is 4.90 Å². The number of furan rings is 1. The lowest BCUT2D eigenvalue weighted by molar-refractivity contribution is -0.130. The van der Waals surface area contributed by atoms with Gasteiger partial charge in [0.2, 0.25) is 5.91 Å². The summed E-state index contributed by atoms with van der Waals surface area (Å²) in [4.78, 5) is 37.3. The van der Waals surface area contributed by atoms with Crippen molar-refractivity contribution in [3.05, 3.63) is 58.1 Å². The van der Waals surface area contributed by atoms with Gasteiger partial charge in [-0.25, -0.2) is 4.98 Å². The maximum Gasteiger partial charge on any atom is 0.270 e. The second-order valence-corrected chi connectivity index (χ2v) is 10.4. The van der Waals surface area contributed by atoms with E-state index in [9.17, 15) is 9.59 Å². The average molecular weight is 495 g/mol. The van der Waals surface area contributed by atoms with Gasteiger partial charge in [-0.2, -0.15) is 0 Å². The van der Waals surface area contributed by atoms with Gasteiger partial charge < -0.3 is 14.2 Å². The molecule has 0 saturated carbocycles. The van der Waals surface area contributed by atoms with Crippen molar-refractivity contribution >= 4 is 50.6 Å². The molecule has 176 valence electrons. The summed E-state index contributed by atoms with van der Waals surface area (Å²) >= 11 is 2.77. The molecule has 0 N–H and O–H groups in total. The molecule has 4 aromatic rings. The van der Waals surface area contributed by atoms with E-state index in [0.717, 1.165) is 30.5 Å². The smallest absolute Gasteiger partial charge is 0.270 e. The number of rotatable bonds is 7. The highest BCUT2D eigenvalue weighted by molar-refractivity contribution is 7.14. The number of carbonyl (C=O) groups excluding carboxylic acids is 2. The number of anilines is 1. The molecule has 9 heteroatoms. The van der Waals surface area contributed by atoms with Crippen molar-refractivity contribution < 1.29 is 14.0 Å². The summed E-state index contributed by atoms with van der Waals surface area (Å²) in [6, 6.07) is 13.8. The van der Waals surface area contributed by atoms with Gasteiger partial charge in [-0.1, -0.05) is 24.3 Å². The van der Waals surface area contributed by atoms with Gasteiger partial charge in [-0.15, -0.1) is 22.7 Å². The number of thiazole rings is 1. The molecule has 7 nitrogen and oxygen atoms in total. The van der Waals surface area contributed by atoms with E-state index < -0.39 is 0 Å². The highest BCUT2D eigenvalue weighted by Crippen LogP contribution is 2.32. The number of para-hydroxylation sites is 1. The maximum absolute atomic E-state index is 13.3. The predicted octanol–water partition coefficient (Wildman–Crippen LogP) is 4.82. The first kappa shape index (κ1) is 22.8. The molecule has 5 rings (SSSR count). The van der Waals surface area contributed by atoms with Crippen LogP contribution in [-0.2, 0) is 4.79 Å². The molecular weight excluding hydrogens is 468 g/mol. The number of aromatic nitrogens is 1. The molecule has 1 unspecified atom stereocenters. The highest BCUT2D eigenvalue weighted by Gasteiger charge is 2.29. The molecule has 1 saturated heterocycles. The summed E-state index contributed by atoms with van der Waals surface area (Å²) in [5.41, 5.74) is 1.48. The molecule has 0 spiro atoms. The lowest BCUT2D eigenvalue weighted by Crippen LogP contribution is -2.38. The zero-order valence-corrected chi connectivity index (χ0v) is 20.8. The van der Waals surface area contributed by atoms with E-state index in [1.165, 1.54) is 22.7 Å². The molecule has 0 aliphatic carbocycles. The van der Waals surface area contributed by atoms with Crippen LogP contribution in [0, 0.1) is 0 Å². The van der Waals surface area contributed by atoms with E-state index in [0.29, 0.717) is 27.5 Å². The van der Waals surface area contributed by atoms with Crippen LogP contribution in [0.3, 0.4) is 0 Å². The number of nitrogens with zero attached hydrogens (tertiary/aromatic N) is 4. The summed E-state index contributed by atoms with van der Waals surface area (Å²) < 4.78 is 5.95. The normalized spacial score (nSPS) is 16.0. The molecule has 34 heavy (non-hydrogen) atoms. The Morgan fingerprint density at radius 3 is 2.76 bits per heavy atom. The molecular formula is C25H26N4O3S2. The summed E-state index contributed by atoms with van der Waals surface area (Å²) in [5.74, 6) is 0.596. The van der Waals surface area contributed by atoms with Crippen LogP contribution in [0.4, 0.5) is 5.13 Å². The Morgan fingerprint density at radius 1 is 1.18 bits per heavy atom. The fourth-order valence-corrected chi connectivity index (χ4v) is 5.69. The third-order valence-corrected chi connectivity index (χ3v) is 7.90. The molecule has 3 aromatic heterocycles. The minimum Gasteiger partial charge on any atom is -0.454 e. The number of likely N-dealkylation sites (N-methyl/N-ethyl adjacent to an activating group) is 1. The average Bonchev–Trinajstić information content (AvgIpc) is 3.63. The van der Waals surface area contributed by atoms with Gasteiger partial charge in [0.1, 0.15) is 11.3 Å². The lowest BCUT2D eigenvalue weighted by Gasteiger charge is -2.23. The molecule has 0 radical (unpaired) electrons. The fourth-order valence-electron chi connectivity index (χ4n) is 4.18. The second kappa shape index (κ2) is 9.69. The Balaban J connectivity index is 1.35. The molecule has 0 bridgehead atoms. The van der Waals surface area contributed by atoms with Crippen molar-refractivity contribution in [2.45, 2.75) is 18.9 Å². The van der Waals surface area contributed by atoms with Crippen LogP contribution in [-0.4, -0.2) is 66.4 Å². The van der Waals surface area contributed by atoms with Crippen molar-refractivity contribution in [1.29, 1.82) is 0 Å². The van der Waals surface area contributed by atoms with Gasteiger partial charge in [0.05, 0.1) is 4.88 Å². The van der Waals surface area contributed by atoms with Crippen LogP contribution in [0.1, 0.15) is 22.5 Å². The van der Waals surface area contributed by atoms with Gasteiger partial charge in [-0.05, 0) is 44.1 Å². The van der Waals surface area contributed by atoms with Crippen molar-refractivity contribution in [2.75, 3.05) is 38.6 Å². The number of fused-ring (bicyclic) bond motifs is 1. The summed E-state index contributed by atoms with van der Waals surface area (Å²) in [6.45, 7) is 1.78. The Hall–Kier alpha value is -3.01. The lowest BCUT2D eigenvalue weighted by atomic mass is 10.2. The topological polar surface area (TPSA) is 69.9 Å². The number of likely N-dealkylation sites (tertiary alicyclic amines) is 1. The van der Waals surface area contributed by atoms with Crippen molar-refractivity contribution in [2.24, 2.45) is 0 Å². The van der Waals surface area contributed by atoms with E-state index in [2.05, 4.69) is 4.90 Å². The predicted molar refractivity (Wildman–Crippen MR) is 137 cm³/mol. The molecule has 2 amide bonds. The van der Waals surface area contributed by atoms with Gasteiger partial charge in [0.25, 0.3) is 5.91 Å². The van der Waals surface area contributed by atoms with Crippen LogP contribution in [0.2, 0.25) is 0 Å². The zero-order valence-electron chi connectivity index (χ0n) is 19.1. The number of thiophene rings is 1. The highest BCUT2D eigenvalue weighted by atomic mass is 32.1. The van der Waals surface area contributed by atoms with Gasteiger partial charge in [0, 0.05) is 42.9 Å². The largest absolute Gasteiger partial charge is 0.454 e. The van der Waals surface area contributed by atoms with Crippen molar-refractivity contribution in [3.63, 3.8) is 0 Å². The first-order valence-corrected chi connectivity index (χ1v) is 13.0. The van der Waals surface area contributed by atoms with E-state index in [1.807, 2.05) is 66.2 Å². The summed E-state index contributed by atoms with van der Waals surface area (Å²) in [7, 11) is 4.09. The minimum atomic E-state index is -0.138. The Kier molecular flexibility index (Phi) is 6.49. The first-order valence-electron chi connectivity index (χ1n) is 11.2. The molecule has 1 aliphatic rings. The summed E-state index contributed by atoms with van der Waals surface area (Å²) in [6.07, 6.45) is 1.24. The molecule has 4 heterocycles. The summed E-state index contributed by atoms with van der Waals surface area (Å²) in [5, 5.41) is 5.34.